The first kappa shape index (κ1) is 14.9. The molecule has 0 radical (unpaired) electrons. The number of carbonyl (C=O) groups excluding carboxylic acids is 4. The molecule has 2 rings (SSSR count). The molecule has 0 N–H and O–H groups in total. The van der Waals surface area contributed by atoms with Gasteiger partial charge < -0.3 is 0 Å². The maximum Gasteiger partial charge on any atom is 0.288 e. The van der Waals surface area contributed by atoms with Crippen LogP contribution in [-0.2, 0) is 9.59 Å². The number of amides is 2. The van der Waals surface area contributed by atoms with Crippen molar-refractivity contribution in [3.8, 4) is 11.1 Å². The minimum Gasteiger partial charge on any atom is -0.266 e. The summed E-state index contributed by atoms with van der Waals surface area (Å²) in [7, 11) is 0. The molecule has 0 fully saturated rings. The van der Waals surface area contributed by atoms with Crippen molar-refractivity contribution in [3.63, 3.8) is 0 Å². The Bertz CT molecular complexity index is 773. The summed E-state index contributed by atoms with van der Waals surface area (Å²) in [6, 6.07) is 12.7. The van der Waals surface area contributed by atoms with Crippen molar-refractivity contribution in [2.45, 2.75) is 0 Å². The second-order valence-electron chi connectivity index (χ2n) is 4.11. The smallest absolute Gasteiger partial charge is 0.266 e. The number of rotatable bonds is 3. The minimum atomic E-state index is -0.772. The van der Waals surface area contributed by atoms with Crippen LogP contribution in [0, 0.1) is 0 Å². The van der Waals surface area contributed by atoms with Crippen LogP contribution in [0.3, 0.4) is 0 Å². The van der Waals surface area contributed by atoms with E-state index >= 15 is 0 Å². The quantitative estimate of drug-likeness (QED) is 0.640. The van der Waals surface area contributed by atoms with Gasteiger partial charge in [-0.2, -0.15) is 0 Å². The van der Waals surface area contributed by atoms with E-state index in [1.54, 1.807) is 36.4 Å². The van der Waals surface area contributed by atoms with Crippen molar-refractivity contribution in [2.75, 3.05) is 0 Å². The van der Waals surface area contributed by atoms with Gasteiger partial charge in [0.1, 0.15) is 0 Å². The van der Waals surface area contributed by atoms with Crippen molar-refractivity contribution >= 4 is 24.0 Å². The van der Waals surface area contributed by atoms with Crippen molar-refractivity contribution in [1.29, 1.82) is 0 Å². The molecule has 0 saturated carbocycles. The highest BCUT2D eigenvalue weighted by molar-refractivity contribution is 6.08. The zero-order valence-corrected chi connectivity index (χ0v) is 11.1. The Balaban J connectivity index is 2.68. The Labute approximate surface area is 124 Å². The first-order chi connectivity index (χ1) is 10.7. The van der Waals surface area contributed by atoms with Gasteiger partial charge in [0.05, 0.1) is 11.1 Å². The molecule has 2 amide bonds. The number of isocyanates is 2. The monoisotopic (exact) mass is 292 g/mol. The fourth-order valence-electron chi connectivity index (χ4n) is 2.01. The normalized spacial score (nSPS) is 9.27. The lowest BCUT2D eigenvalue weighted by molar-refractivity contribution is 0.0993. The molecule has 0 unspecified atom stereocenters. The topological polar surface area (TPSA) is 93.0 Å². The average Bonchev–Trinajstić information content (AvgIpc) is 2.55. The van der Waals surface area contributed by atoms with Crippen molar-refractivity contribution in [1.82, 2.24) is 0 Å². The van der Waals surface area contributed by atoms with Gasteiger partial charge in [-0.25, -0.2) is 9.59 Å². The summed E-state index contributed by atoms with van der Waals surface area (Å²) in [5.41, 5.74) is 1.08. The zero-order chi connectivity index (χ0) is 15.9. The van der Waals surface area contributed by atoms with E-state index in [1.807, 2.05) is 0 Å². The van der Waals surface area contributed by atoms with Gasteiger partial charge in [-0.05, 0) is 23.3 Å². The Morgan fingerprint density at radius 3 is 1.41 bits per heavy atom. The minimum absolute atomic E-state index is 0.140. The maximum atomic E-state index is 11.8. The standard InChI is InChI=1S/C16H8N2O4/c19-9-17-15(21)13-7-3-1-5-11(13)12-6-2-4-8-14(12)16(22)18-10-20/h1-8H. The molecule has 0 bridgehead atoms. The van der Waals surface area contributed by atoms with Gasteiger partial charge in [-0.3, -0.25) is 9.59 Å². The number of nitrogens with zero attached hydrogens (tertiary/aromatic N) is 2. The fourth-order valence-corrected chi connectivity index (χ4v) is 2.01. The third-order valence-electron chi connectivity index (χ3n) is 2.90. The lowest BCUT2D eigenvalue weighted by Crippen LogP contribution is -2.02. The van der Waals surface area contributed by atoms with E-state index in [9.17, 15) is 19.2 Å². The Hall–Kier alpha value is -3.46. The number of aliphatic imine (C=N–C) groups is 2. The molecule has 2 aromatic carbocycles. The van der Waals surface area contributed by atoms with Crippen LogP contribution in [0.1, 0.15) is 20.7 Å². The first-order valence-corrected chi connectivity index (χ1v) is 6.12. The lowest BCUT2D eigenvalue weighted by Gasteiger charge is -2.09. The van der Waals surface area contributed by atoms with Crippen LogP contribution in [0.25, 0.3) is 11.1 Å². The summed E-state index contributed by atoms with van der Waals surface area (Å²) in [6.07, 6.45) is 2.38. The van der Waals surface area contributed by atoms with Crippen molar-refractivity contribution in [2.24, 2.45) is 9.98 Å². The van der Waals surface area contributed by atoms with Gasteiger partial charge in [0.15, 0.2) is 0 Å². The van der Waals surface area contributed by atoms with E-state index in [0.29, 0.717) is 11.1 Å². The lowest BCUT2D eigenvalue weighted by atomic mass is 9.95. The van der Waals surface area contributed by atoms with Crippen LogP contribution in [0.4, 0.5) is 0 Å². The van der Waals surface area contributed by atoms with Crippen LogP contribution in [-0.4, -0.2) is 24.0 Å². The van der Waals surface area contributed by atoms with Crippen molar-refractivity contribution < 1.29 is 19.2 Å². The molecule has 0 atom stereocenters. The van der Waals surface area contributed by atoms with E-state index < -0.39 is 11.8 Å². The maximum absolute atomic E-state index is 11.8. The second-order valence-corrected chi connectivity index (χ2v) is 4.11. The van der Waals surface area contributed by atoms with Crippen LogP contribution >= 0.6 is 0 Å². The molecule has 0 spiro atoms. The molecule has 106 valence electrons. The molecule has 2 aromatic rings. The van der Waals surface area contributed by atoms with E-state index in [1.165, 1.54) is 24.3 Å². The van der Waals surface area contributed by atoms with E-state index in [4.69, 9.17) is 0 Å². The van der Waals surface area contributed by atoms with Gasteiger partial charge in [-0.15, -0.1) is 9.98 Å². The molecule has 0 heterocycles. The Kier molecular flexibility index (Phi) is 4.63. The zero-order valence-electron chi connectivity index (χ0n) is 11.1. The van der Waals surface area contributed by atoms with E-state index in [0.717, 1.165) is 0 Å². The predicted molar refractivity (Wildman–Crippen MR) is 76.8 cm³/mol. The summed E-state index contributed by atoms with van der Waals surface area (Å²) >= 11 is 0. The van der Waals surface area contributed by atoms with Gasteiger partial charge in [0, 0.05) is 0 Å². The molecule has 0 saturated heterocycles. The predicted octanol–water partition coefficient (Wildman–Crippen LogP) is 2.31. The van der Waals surface area contributed by atoms with Crippen molar-refractivity contribution in [3.05, 3.63) is 59.7 Å². The van der Waals surface area contributed by atoms with E-state index in [2.05, 4.69) is 9.98 Å². The Morgan fingerprint density at radius 1 is 0.682 bits per heavy atom. The van der Waals surface area contributed by atoms with Crippen LogP contribution < -0.4 is 0 Å². The second kappa shape index (κ2) is 6.81. The summed E-state index contributed by atoms with van der Waals surface area (Å²) in [4.78, 5) is 50.4. The van der Waals surface area contributed by atoms with Gasteiger partial charge in [0.2, 0.25) is 12.2 Å². The molecule has 6 nitrogen and oxygen atoms in total. The fraction of sp³-hybridized carbons (Fsp3) is 0. The molecular weight excluding hydrogens is 284 g/mol. The largest absolute Gasteiger partial charge is 0.288 e. The third kappa shape index (κ3) is 2.99. The van der Waals surface area contributed by atoms with Crippen LogP contribution in [0.5, 0.6) is 0 Å². The highest BCUT2D eigenvalue weighted by Gasteiger charge is 2.17. The molecule has 22 heavy (non-hydrogen) atoms. The summed E-state index contributed by atoms with van der Waals surface area (Å²) in [5, 5.41) is 0. The summed E-state index contributed by atoms with van der Waals surface area (Å²) in [5.74, 6) is -1.54. The molecule has 0 aromatic heterocycles. The number of hydrogen-bond acceptors (Lipinski definition) is 4. The number of hydrogen-bond donors (Lipinski definition) is 0. The average molecular weight is 292 g/mol. The molecule has 0 aliphatic carbocycles. The Morgan fingerprint density at radius 2 is 1.05 bits per heavy atom. The summed E-state index contributed by atoms with van der Waals surface area (Å²) < 4.78 is 0. The first-order valence-electron chi connectivity index (χ1n) is 6.12. The highest BCUT2D eigenvalue weighted by Crippen LogP contribution is 2.28. The van der Waals surface area contributed by atoms with Gasteiger partial charge in [-0.1, -0.05) is 36.4 Å². The summed E-state index contributed by atoms with van der Waals surface area (Å²) in [6.45, 7) is 0. The molecular formula is C16H8N2O4. The molecule has 0 aliphatic heterocycles. The number of benzene rings is 2. The van der Waals surface area contributed by atoms with Gasteiger partial charge in [0.25, 0.3) is 11.8 Å². The van der Waals surface area contributed by atoms with Crippen LogP contribution in [0.2, 0.25) is 0 Å². The highest BCUT2D eigenvalue weighted by atomic mass is 16.2. The SMILES string of the molecule is O=C=NC(=O)c1ccccc1-c1ccccc1C(=O)N=C=O. The molecule has 6 heteroatoms. The number of carbonyl (C=O) groups is 2. The third-order valence-corrected chi connectivity index (χ3v) is 2.90. The van der Waals surface area contributed by atoms with Crippen LogP contribution in [0.15, 0.2) is 58.5 Å². The van der Waals surface area contributed by atoms with E-state index in [-0.39, 0.29) is 11.1 Å². The molecule has 0 aliphatic rings. The van der Waals surface area contributed by atoms with Gasteiger partial charge >= 0.3 is 0 Å².